The topological polar surface area (TPSA) is 86.5 Å². The molecule has 3 aromatic rings. The van der Waals surface area contributed by atoms with Crippen LogP contribution in [0.25, 0.3) is 10.2 Å². The van der Waals surface area contributed by atoms with Crippen LogP contribution in [0, 0.1) is 0 Å². The van der Waals surface area contributed by atoms with Crippen molar-refractivity contribution >= 4 is 32.6 Å². The number of nitrogens with one attached hydrogen (secondary N) is 1. The number of nitrogens with zero attached hydrogens (tertiary/aromatic N) is 2. The molecule has 1 unspecified atom stereocenters. The van der Waals surface area contributed by atoms with Crippen molar-refractivity contribution in [2.24, 2.45) is 0 Å². The van der Waals surface area contributed by atoms with E-state index in [4.69, 9.17) is 13.9 Å². The molecule has 1 aromatic carbocycles. The van der Waals surface area contributed by atoms with Crippen molar-refractivity contribution in [1.29, 1.82) is 0 Å². The van der Waals surface area contributed by atoms with Gasteiger partial charge in [-0.05, 0) is 38.0 Å². The van der Waals surface area contributed by atoms with E-state index < -0.39 is 0 Å². The third-order valence-electron chi connectivity index (χ3n) is 3.92. The minimum Gasteiger partial charge on any atom is -0.494 e. The van der Waals surface area contributed by atoms with E-state index in [2.05, 4.69) is 15.3 Å². The first-order chi connectivity index (χ1) is 12.2. The number of anilines is 1. The Bertz CT molecular complexity index is 898. The number of aromatic nitrogens is 2. The zero-order valence-corrected chi connectivity index (χ0v) is 14.5. The second kappa shape index (κ2) is 6.81. The maximum Gasteiger partial charge on any atom is 0.279 e. The van der Waals surface area contributed by atoms with E-state index in [1.165, 1.54) is 17.7 Å². The zero-order valence-electron chi connectivity index (χ0n) is 13.7. The first-order valence-electron chi connectivity index (χ1n) is 8.14. The molecule has 7 nitrogen and oxygen atoms in total. The van der Waals surface area contributed by atoms with Gasteiger partial charge in [-0.1, -0.05) is 11.3 Å². The lowest BCUT2D eigenvalue weighted by Crippen LogP contribution is -2.15. The molecule has 0 aliphatic carbocycles. The molecule has 3 heterocycles. The van der Waals surface area contributed by atoms with E-state index in [0.717, 1.165) is 28.8 Å². The molecular weight excluding hydrogens is 342 g/mol. The van der Waals surface area contributed by atoms with E-state index in [1.807, 2.05) is 25.1 Å². The molecule has 130 valence electrons. The molecule has 0 bridgehead atoms. The van der Waals surface area contributed by atoms with Crippen LogP contribution in [0.2, 0.25) is 0 Å². The molecule has 1 saturated heterocycles. The number of thiazole rings is 1. The van der Waals surface area contributed by atoms with Gasteiger partial charge in [0, 0.05) is 6.61 Å². The fraction of sp³-hybridized carbons (Fsp3) is 0.353. The quantitative estimate of drug-likeness (QED) is 0.746. The molecule has 1 atom stereocenters. The summed E-state index contributed by atoms with van der Waals surface area (Å²) in [5, 5.41) is 3.31. The molecular formula is C17H17N3O4S. The van der Waals surface area contributed by atoms with Crippen LogP contribution < -0.4 is 10.1 Å². The van der Waals surface area contributed by atoms with Crippen molar-refractivity contribution in [3.8, 4) is 5.75 Å². The normalized spacial score (nSPS) is 17.1. The van der Waals surface area contributed by atoms with Gasteiger partial charge in [-0.2, -0.15) is 0 Å². The van der Waals surface area contributed by atoms with Crippen LogP contribution in [0.3, 0.4) is 0 Å². The van der Waals surface area contributed by atoms with Gasteiger partial charge >= 0.3 is 0 Å². The van der Waals surface area contributed by atoms with Crippen molar-refractivity contribution in [1.82, 2.24) is 9.97 Å². The number of amides is 1. The van der Waals surface area contributed by atoms with Gasteiger partial charge in [0.05, 0.1) is 16.8 Å². The summed E-state index contributed by atoms with van der Waals surface area (Å²) in [7, 11) is 0. The van der Waals surface area contributed by atoms with Crippen LogP contribution in [0.5, 0.6) is 5.75 Å². The number of hydrogen-bond acceptors (Lipinski definition) is 7. The highest BCUT2D eigenvalue weighted by molar-refractivity contribution is 7.22. The van der Waals surface area contributed by atoms with Gasteiger partial charge in [-0.15, -0.1) is 0 Å². The average Bonchev–Trinajstić information content (AvgIpc) is 3.34. The van der Waals surface area contributed by atoms with Crippen LogP contribution >= 0.6 is 11.3 Å². The fourth-order valence-corrected chi connectivity index (χ4v) is 3.70. The summed E-state index contributed by atoms with van der Waals surface area (Å²) in [6, 6.07) is 5.66. The molecule has 0 saturated carbocycles. The van der Waals surface area contributed by atoms with Crippen LogP contribution in [-0.4, -0.2) is 29.1 Å². The Hall–Kier alpha value is -2.45. The summed E-state index contributed by atoms with van der Waals surface area (Å²) >= 11 is 1.39. The molecule has 2 aromatic heterocycles. The van der Waals surface area contributed by atoms with Crippen LogP contribution in [0.15, 0.2) is 29.0 Å². The van der Waals surface area contributed by atoms with Gasteiger partial charge < -0.3 is 13.9 Å². The van der Waals surface area contributed by atoms with E-state index in [9.17, 15) is 4.79 Å². The molecule has 1 N–H and O–H groups in total. The first kappa shape index (κ1) is 16.0. The maximum atomic E-state index is 12.6. The summed E-state index contributed by atoms with van der Waals surface area (Å²) < 4.78 is 17.4. The summed E-state index contributed by atoms with van der Waals surface area (Å²) in [4.78, 5) is 21.0. The van der Waals surface area contributed by atoms with Crippen molar-refractivity contribution < 1.29 is 18.7 Å². The lowest BCUT2D eigenvalue weighted by atomic mass is 10.1. The van der Waals surface area contributed by atoms with Gasteiger partial charge in [0.25, 0.3) is 5.91 Å². The number of benzene rings is 1. The molecule has 25 heavy (non-hydrogen) atoms. The van der Waals surface area contributed by atoms with Gasteiger partial charge in [0.2, 0.25) is 0 Å². The summed E-state index contributed by atoms with van der Waals surface area (Å²) in [6.45, 7) is 3.21. The summed E-state index contributed by atoms with van der Waals surface area (Å²) in [5.41, 5.74) is 1.06. The number of carbonyl (C=O) groups excluding carboxylic acids is 1. The third kappa shape index (κ3) is 3.22. The summed E-state index contributed by atoms with van der Waals surface area (Å²) in [5.74, 6) is 0.923. The highest BCUT2D eigenvalue weighted by Crippen LogP contribution is 2.32. The lowest BCUT2D eigenvalue weighted by Gasteiger charge is -2.07. The highest BCUT2D eigenvalue weighted by atomic mass is 32.1. The maximum absolute atomic E-state index is 12.6. The molecule has 1 amide bonds. The minimum atomic E-state index is -0.344. The van der Waals surface area contributed by atoms with Gasteiger partial charge in [0.15, 0.2) is 23.0 Å². The number of hydrogen-bond donors (Lipinski definition) is 1. The van der Waals surface area contributed by atoms with E-state index in [1.54, 1.807) is 0 Å². The smallest absolute Gasteiger partial charge is 0.279 e. The Labute approximate surface area is 148 Å². The Morgan fingerprint density at radius 1 is 1.48 bits per heavy atom. The Kier molecular flexibility index (Phi) is 4.37. The second-order valence-electron chi connectivity index (χ2n) is 5.60. The highest BCUT2D eigenvalue weighted by Gasteiger charge is 2.28. The monoisotopic (exact) mass is 359 g/mol. The number of fused-ring (bicyclic) bond motifs is 1. The fourth-order valence-electron chi connectivity index (χ4n) is 2.81. The average molecular weight is 359 g/mol. The van der Waals surface area contributed by atoms with Gasteiger partial charge in [-0.25, -0.2) is 9.97 Å². The SMILES string of the molecule is CCOc1ccc2nc(NC(=O)c3ncoc3C3CCCO3)sc2c1. The molecule has 0 spiro atoms. The Morgan fingerprint density at radius 3 is 3.20 bits per heavy atom. The Morgan fingerprint density at radius 2 is 2.40 bits per heavy atom. The van der Waals surface area contributed by atoms with Gasteiger partial charge in [-0.3, -0.25) is 10.1 Å². The van der Waals surface area contributed by atoms with Crippen LogP contribution in [0.1, 0.15) is 42.1 Å². The largest absolute Gasteiger partial charge is 0.494 e. The number of rotatable bonds is 5. The number of carbonyl (C=O) groups is 1. The minimum absolute atomic E-state index is 0.202. The molecule has 1 aliphatic heterocycles. The van der Waals surface area contributed by atoms with Crippen molar-refractivity contribution in [3.63, 3.8) is 0 Å². The van der Waals surface area contributed by atoms with Crippen molar-refractivity contribution in [2.75, 3.05) is 18.5 Å². The number of ether oxygens (including phenoxy) is 2. The van der Waals surface area contributed by atoms with E-state index >= 15 is 0 Å². The predicted molar refractivity (Wildman–Crippen MR) is 93.2 cm³/mol. The molecule has 4 rings (SSSR count). The third-order valence-corrected chi connectivity index (χ3v) is 4.86. The van der Waals surface area contributed by atoms with Crippen LogP contribution in [-0.2, 0) is 4.74 Å². The molecule has 1 aliphatic rings. The molecule has 8 heteroatoms. The molecule has 0 radical (unpaired) electrons. The lowest BCUT2D eigenvalue weighted by molar-refractivity contribution is 0.0889. The standard InChI is InChI=1S/C17H17N3O4S/c1-2-22-10-5-6-11-13(8-10)25-17(19-11)20-16(21)14-15(24-9-18-14)12-4-3-7-23-12/h5-6,8-9,12H,2-4,7H2,1H3,(H,19,20,21). The molecule has 1 fully saturated rings. The van der Waals surface area contributed by atoms with E-state index in [-0.39, 0.29) is 17.7 Å². The van der Waals surface area contributed by atoms with Crippen LogP contribution in [0.4, 0.5) is 5.13 Å². The van der Waals surface area contributed by atoms with E-state index in [0.29, 0.717) is 24.1 Å². The Balaban J connectivity index is 1.55. The zero-order chi connectivity index (χ0) is 17.2. The van der Waals surface area contributed by atoms with Crippen molar-refractivity contribution in [3.05, 3.63) is 36.0 Å². The second-order valence-corrected chi connectivity index (χ2v) is 6.63. The van der Waals surface area contributed by atoms with Gasteiger partial charge in [0.1, 0.15) is 11.9 Å². The first-order valence-corrected chi connectivity index (χ1v) is 8.96. The summed E-state index contributed by atoms with van der Waals surface area (Å²) in [6.07, 6.45) is 2.86. The number of oxazole rings is 1. The predicted octanol–water partition coefficient (Wildman–Crippen LogP) is 3.79. The van der Waals surface area contributed by atoms with Crippen molar-refractivity contribution in [2.45, 2.75) is 25.9 Å².